The fourth-order valence-corrected chi connectivity index (χ4v) is 2.39. The van der Waals surface area contributed by atoms with E-state index < -0.39 is 42.1 Å². The second-order valence-electron chi connectivity index (χ2n) is 3.07. The lowest BCUT2D eigenvalue weighted by atomic mass is 10.1. The lowest BCUT2D eigenvalue weighted by molar-refractivity contribution is -0.386. The van der Waals surface area contributed by atoms with Crippen molar-refractivity contribution < 1.29 is 26.9 Å². The molecule has 0 fully saturated rings. The van der Waals surface area contributed by atoms with Crippen molar-refractivity contribution in [3.05, 3.63) is 33.4 Å². The molecule has 10 heteroatoms. The van der Waals surface area contributed by atoms with Crippen LogP contribution in [0.15, 0.2) is 17.0 Å². The topological polar surface area (TPSA) is 94.3 Å². The molecule has 98 valence electrons. The van der Waals surface area contributed by atoms with Gasteiger partial charge in [0.15, 0.2) is 0 Å². The summed E-state index contributed by atoms with van der Waals surface area (Å²) < 4.78 is 47.6. The predicted octanol–water partition coefficient (Wildman–Crippen LogP) is 2.27. The normalized spacial score (nSPS) is 11.6. The highest BCUT2D eigenvalue weighted by Gasteiger charge is 2.31. The van der Waals surface area contributed by atoms with Gasteiger partial charge in [-0.2, -0.15) is 0 Å². The van der Waals surface area contributed by atoms with E-state index in [0.717, 1.165) is 0 Å². The molecule has 0 radical (unpaired) electrons. The van der Waals surface area contributed by atoms with Gasteiger partial charge in [-0.05, 0) is 6.07 Å². The van der Waals surface area contributed by atoms with Gasteiger partial charge in [-0.15, -0.1) is 0 Å². The van der Waals surface area contributed by atoms with E-state index in [1.54, 1.807) is 0 Å². The maximum Gasteiger partial charge on any atom is 0.280 e. The van der Waals surface area contributed by atoms with Crippen LogP contribution in [0.1, 0.15) is 22.3 Å². The van der Waals surface area contributed by atoms with Gasteiger partial charge >= 0.3 is 0 Å². The fraction of sp³-hybridized carbons (Fsp3) is 0.125. The highest BCUT2D eigenvalue weighted by atomic mass is 35.7. The van der Waals surface area contributed by atoms with Gasteiger partial charge in [0.1, 0.15) is 11.8 Å². The molecule has 6 nitrogen and oxygen atoms in total. The molecule has 0 atom stereocenters. The van der Waals surface area contributed by atoms with Crippen LogP contribution >= 0.6 is 10.7 Å². The Morgan fingerprint density at radius 2 is 1.94 bits per heavy atom. The van der Waals surface area contributed by atoms with Crippen LogP contribution in [0, 0.1) is 10.1 Å². The fourth-order valence-electron chi connectivity index (χ4n) is 1.27. The molecule has 1 rings (SSSR count). The van der Waals surface area contributed by atoms with Gasteiger partial charge < -0.3 is 0 Å². The van der Waals surface area contributed by atoms with Crippen LogP contribution in [-0.2, 0) is 9.05 Å². The van der Waals surface area contributed by atoms with Gasteiger partial charge in [-0.25, -0.2) is 17.2 Å². The van der Waals surface area contributed by atoms with Crippen molar-refractivity contribution in [1.29, 1.82) is 0 Å². The smallest absolute Gasteiger partial charge is 0.280 e. The Bertz CT molecular complexity index is 616. The van der Waals surface area contributed by atoms with Crippen LogP contribution in [0.2, 0.25) is 0 Å². The van der Waals surface area contributed by atoms with E-state index in [1.807, 2.05) is 0 Å². The first-order valence-corrected chi connectivity index (χ1v) is 6.49. The van der Waals surface area contributed by atoms with Crippen molar-refractivity contribution in [2.45, 2.75) is 11.3 Å². The second kappa shape index (κ2) is 4.94. The van der Waals surface area contributed by atoms with E-state index in [-0.39, 0.29) is 6.29 Å². The Kier molecular flexibility index (Phi) is 3.97. The third kappa shape index (κ3) is 2.79. The van der Waals surface area contributed by atoms with E-state index >= 15 is 0 Å². The number of alkyl halides is 2. The first kappa shape index (κ1) is 14.5. The zero-order chi connectivity index (χ0) is 14.1. The number of carbonyl (C=O) groups excluding carboxylic acids is 1. The largest absolute Gasteiger partial charge is 0.298 e. The number of halogens is 3. The Labute approximate surface area is 104 Å². The molecule has 0 amide bonds. The number of hydrogen-bond acceptors (Lipinski definition) is 5. The molecule has 0 aliphatic carbocycles. The summed E-state index contributed by atoms with van der Waals surface area (Å²) in [7, 11) is 0.276. The third-order valence-corrected chi connectivity index (χ3v) is 3.32. The Morgan fingerprint density at radius 1 is 1.39 bits per heavy atom. The molecule has 0 heterocycles. The molecule has 18 heavy (non-hydrogen) atoms. The Balaban J connectivity index is 3.83. The maximum atomic E-state index is 12.7. The molecular formula is C8H4ClF2NO5S. The summed E-state index contributed by atoms with van der Waals surface area (Å²) in [5.41, 5.74) is -2.94. The minimum Gasteiger partial charge on any atom is -0.298 e. The summed E-state index contributed by atoms with van der Waals surface area (Å²) in [6.07, 6.45) is -3.33. The average Bonchev–Trinajstić information content (AvgIpc) is 2.25. The van der Waals surface area contributed by atoms with Crippen LogP contribution in [0.5, 0.6) is 0 Å². The first-order chi connectivity index (χ1) is 8.18. The van der Waals surface area contributed by atoms with Crippen LogP contribution < -0.4 is 0 Å². The highest BCUT2D eigenvalue weighted by molar-refractivity contribution is 8.13. The maximum absolute atomic E-state index is 12.7. The van der Waals surface area contributed by atoms with E-state index in [1.165, 1.54) is 0 Å². The van der Waals surface area contributed by atoms with E-state index in [4.69, 9.17) is 10.7 Å². The van der Waals surface area contributed by atoms with Gasteiger partial charge in [0.25, 0.3) is 21.2 Å². The first-order valence-electron chi connectivity index (χ1n) is 4.18. The Morgan fingerprint density at radius 3 is 2.28 bits per heavy atom. The number of nitro groups is 1. The number of nitro benzene ring substituents is 1. The zero-order valence-electron chi connectivity index (χ0n) is 8.34. The SMILES string of the molecule is O=Cc1cc([N+](=O)[O-])c(C(F)F)c(S(=O)(=O)Cl)c1. The molecule has 0 bridgehead atoms. The van der Waals surface area contributed by atoms with Crippen LogP contribution in [-0.4, -0.2) is 19.6 Å². The molecule has 0 unspecified atom stereocenters. The quantitative estimate of drug-likeness (QED) is 0.368. The summed E-state index contributed by atoms with van der Waals surface area (Å²) in [5, 5.41) is 10.6. The molecule has 1 aromatic carbocycles. The lowest BCUT2D eigenvalue weighted by Crippen LogP contribution is -2.05. The molecule has 1 aromatic rings. The van der Waals surface area contributed by atoms with Crippen molar-refractivity contribution in [2.24, 2.45) is 0 Å². The average molecular weight is 300 g/mol. The summed E-state index contributed by atoms with van der Waals surface area (Å²) in [6, 6.07) is 1.11. The number of benzene rings is 1. The summed E-state index contributed by atoms with van der Waals surface area (Å²) in [5.74, 6) is 0. The van der Waals surface area contributed by atoms with Gasteiger partial charge in [0.05, 0.1) is 9.82 Å². The monoisotopic (exact) mass is 299 g/mol. The van der Waals surface area contributed by atoms with Crippen molar-refractivity contribution in [3.63, 3.8) is 0 Å². The molecule has 0 spiro atoms. The number of nitrogens with zero attached hydrogens (tertiary/aromatic N) is 1. The molecule has 0 aliphatic heterocycles. The van der Waals surface area contributed by atoms with Gasteiger partial charge in [0, 0.05) is 22.3 Å². The number of hydrogen-bond donors (Lipinski definition) is 0. The Hall–Kier alpha value is -1.61. The molecule has 0 aromatic heterocycles. The number of carbonyl (C=O) groups is 1. The lowest BCUT2D eigenvalue weighted by Gasteiger charge is -2.07. The van der Waals surface area contributed by atoms with Gasteiger partial charge in [-0.1, -0.05) is 0 Å². The van der Waals surface area contributed by atoms with Gasteiger partial charge in [0.2, 0.25) is 0 Å². The number of aldehydes is 1. The van der Waals surface area contributed by atoms with E-state index in [2.05, 4.69) is 0 Å². The predicted molar refractivity (Wildman–Crippen MR) is 56.5 cm³/mol. The van der Waals surface area contributed by atoms with Crippen LogP contribution in [0.25, 0.3) is 0 Å². The number of rotatable bonds is 4. The molecule has 0 aliphatic rings. The van der Waals surface area contributed by atoms with Crippen molar-refractivity contribution in [1.82, 2.24) is 0 Å². The standard InChI is InChI=1S/C8H4ClF2NO5S/c9-18(16,17)6-2-4(3-13)1-5(12(14)15)7(6)8(10)11/h1-3,8H. The van der Waals surface area contributed by atoms with Gasteiger partial charge in [-0.3, -0.25) is 14.9 Å². The van der Waals surface area contributed by atoms with Crippen LogP contribution in [0.4, 0.5) is 14.5 Å². The van der Waals surface area contributed by atoms with Crippen LogP contribution in [0.3, 0.4) is 0 Å². The van der Waals surface area contributed by atoms with Crippen molar-refractivity contribution >= 4 is 31.7 Å². The molecule has 0 saturated carbocycles. The summed E-state index contributed by atoms with van der Waals surface area (Å²) in [4.78, 5) is 18.7. The zero-order valence-corrected chi connectivity index (χ0v) is 9.91. The third-order valence-electron chi connectivity index (χ3n) is 1.96. The molecule has 0 saturated heterocycles. The second-order valence-corrected chi connectivity index (χ2v) is 5.60. The molecular weight excluding hydrogens is 296 g/mol. The molecule has 0 N–H and O–H groups in total. The van der Waals surface area contributed by atoms with Crippen molar-refractivity contribution in [3.8, 4) is 0 Å². The minimum absolute atomic E-state index is 0.0911. The summed E-state index contributed by atoms with van der Waals surface area (Å²) >= 11 is 0. The highest BCUT2D eigenvalue weighted by Crippen LogP contribution is 2.36. The minimum atomic E-state index is -4.64. The van der Waals surface area contributed by atoms with E-state index in [9.17, 15) is 32.1 Å². The van der Waals surface area contributed by atoms with E-state index in [0.29, 0.717) is 12.1 Å². The summed E-state index contributed by atoms with van der Waals surface area (Å²) in [6.45, 7) is 0. The van der Waals surface area contributed by atoms with Crippen molar-refractivity contribution in [2.75, 3.05) is 0 Å².